The second-order valence-corrected chi connectivity index (χ2v) is 7.74. The number of ether oxygens (including phenoxy) is 1. The first-order chi connectivity index (χ1) is 8.87. The van der Waals surface area contributed by atoms with Crippen LogP contribution in [0.1, 0.15) is 46.5 Å². The summed E-state index contributed by atoms with van der Waals surface area (Å²) in [4.78, 5) is 12.5. The molecular weight excluding hydrogens is 240 g/mol. The van der Waals surface area contributed by atoms with Gasteiger partial charge in [0.2, 0.25) is 0 Å². The molecule has 108 valence electrons. The lowest BCUT2D eigenvalue weighted by Crippen LogP contribution is -2.53. The smallest absolute Gasteiger partial charge is 0.138 e. The molecule has 3 fully saturated rings. The molecule has 0 radical (unpaired) electrons. The van der Waals surface area contributed by atoms with E-state index in [1.54, 1.807) is 0 Å². The minimum Gasteiger partial charge on any atom is -0.396 e. The maximum atomic E-state index is 12.5. The Labute approximate surface area is 115 Å². The van der Waals surface area contributed by atoms with E-state index in [2.05, 4.69) is 20.8 Å². The van der Waals surface area contributed by atoms with Gasteiger partial charge in [0.15, 0.2) is 0 Å². The van der Waals surface area contributed by atoms with Gasteiger partial charge in [-0.2, -0.15) is 0 Å². The molecule has 2 saturated carbocycles. The normalized spacial score (nSPS) is 48.7. The summed E-state index contributed by atoms with van der Waals surface area (Å²) in [5.41, 5.74) is 0.0512. The lowest BCUT2D eigenvalue weighted by molar-refractivity contribution is -0.174. The average Bonchev–Trinajstić information content (AvgIpc) is 2.42. The first-order valence-electron chi connectivity index (χ1n) is 7.65. The van der Waals surface area contributed by atoms with Crippen molar-refractivity contribution in [2.75, 3.05) is 13.2 Å². The fourth-order valence-corrected chi connectivity index (χ4v) is 4.93. The van der Waals surface area contributed by atoms with Gasteiger partial charge in [0.1, 0.15) is 5.78 Å². The minimum atomic E-state index is -0.0954. The zero-order valence-corrected chi connectivity index (χ0v) is 12.3. The van der Waals surface area contributed by atoms with Gasteiger partial charge in [-0.3, -0.25) is 4.79 Å². The Kier molecular flexibility index (Phi) is 3.06. The maximum Gasteiger partial charge on any atom is 0.138 e. The zero-order chi connectivity index (χ0) is 13.8. The number of carbonyl (C=O) groups is 1. The van der Waals surface area contributed by atoms with Gasteiger partial charge < -0.3 is 9.84 Å². The van der Waals surface area contributed by atoms with Gasteiger partial charge >= 0.3 is 0 Å². The van der Waals surface area contributed by atoms with Crippen LogP contribution in [0.4, 0.5) is 0 Å². The lowest BCUT2D eigenvalue weighted by Gasteiger charge is -2.53. The molecule has 0 aromatic rings. The van der Waals surface area contributed by atoms with E-state index in [0.29, 0.717) is 30.6 Å². The number of carbonyl (C=O) groups excluding carboxylic acids is 1. The fraction of sp³-hybridized carbons (Fsp3) is 0.938. The van der Waals surface area contributed by atoms with Crippen molar-refractivity contribution in [2.24, 2.45) is 29.1 Å². The topological polar surface area (TPSA) is 46.5 Å². The van der Waals surface area contributed by atoms with Crippen molar-refractivity contribution >= 4 is 5.78 Å². The van der Waals surface area contributed by atoms with Crippen molar-refractivity contribution in [3.8, 4) is 0 Å². The van der Waals surface area contributed by atoms with E-state index in [1.807, 2.05) is 0 Å². The van der Waals surface area contributed by atoms with Crippen molar-refractivity contribution < 1.29 is 14.6 Å². The van der Waals surface area contributed by atoms with E-state index in [9.17, 15) is 9.90 Å². The van der Waals surface area contributed by atoms with Crippen LogP contribution in [-0.2, 0) is 9.53 Å². The fourth-order valence-electron chi connectivity index (χ4n) is 4.93. The second kappa shape index (κ2) is 4.29. The van der Waals surface area contributed by atoms with E-state index in [-0.39, 0.29) is 29.5 Å². The van der Waals surface area contributed by atoms with E-state index < -0.39 is 0 Å². The van der Waals surface area contributed by atoms with Crippen molar-refractivity contribution in [3.63, 3.8) is 0 Å². The molecule has 1 saturated heterocycles. The standard InChI is InChI=1S/C16H26O3/c1-15(2)13-4-5-16(3)7-11(13)12(9-19-15)14(18)6-10(16)8-17/h10-13,17H,4-9H2,1-3H3/t10-,11?,12-,13?,16+/m1/s1. The van der Waals surface area contributed by atoms with Gasteiger partial charge in [0.25, 0.3) is 0 Å². The molecule has 1 N–H and O–H groups in total. The van der Waals surface area contributed by atoms with E-state index >= 15 is 0 Å². The van der Waals surface area contributed by atoms with Crippen LogP contribution in [0.2, 0.25) is 0 Å². The summed E-state index contributed by atoms with van der Waals surface area (Å²) in [7, 11) is 0. The number of rotatable bonds is 1. The average molecular weight is 266 g/mol. The quantitative estimate of drug-likeness (QED) is 0.793. The second-order valence-electron chi connectivity index (χ2n) is 7.74. The third kappa shape index (κ3) is 1.97. The molecule has 3 nitrogen and oxygen atoms in total. The summed E-state index contributed by atoms with van der Waals surface area (Å²) < 4.78 is 6.01. The number of ketones is 1. The molecule has 3 rings (SSSR count). The number of aliphatic hydroxyl groups is 1. The highest BCUT2D eigenvalue weighted by Gasteiger charge is 2.55. The Hall–Kier alpha value is -0.410. The highest BCUT2D eigenvalue weighted by molar-refractivity contribution is 5.82. The van der Waals surface area contributed by atoms with Crippen LogP contribution in [0.3, 0.4) is 0 Å². The van der Waals surface area contributed by atoms with Gasteiger partial charge in [0, 0.05) is 18.9 Å². The number of hydrogen-bond acceptors (Lipinski definition) is 3. The molecule has 5 atom stereocenters. The van der Waals surface area contributed by atoms with Crippen molar-refractivity contribution in [3.05, 3.63) is 0 Å². The molecule has 3 heteroatoms. The molecule has 2 aliphatic carbocycles. The summed E-state index contributed by atoms with van der Waals surface area (Å²) in [6, 6.07) is 0. The highest BCUT2D eigenvalue weighted by atomic mass is 16.5. The van der Waals surface area contributed by atoms with Crippen molar-refractivity contribution in [2.45, 2.75) is 52.1 Å². The van der Waals surface area contributed by atoms with Crippen LogP contribution in [0, 0.1) is 29.1 Å². The summed E-state index contributed by atoms with van der Waals surface area (Å²) in [5.74, 6) is 1.52. The Bertz CT molecular complexity index is 389. The minimum absolute atomic E-state index is 0.0780. The van der Waals surface area contributed by atoms with Gasteiger partial charge in [-0.25, -0.2) is 0 Å². The number of aliphatic hydroxyl groups excluding tert-OH is 1. The van der Waals surface area contributed by atoms with E-state index in [0.717, 1.165) is 19.3 Å². The third-order valence-corrected chi connectivity index (χ3v) is 6.36. The molecule has 0 spiro atoms. The molecule has 3 aliphatic rings. The monoisotopic (exact) mass is 266 g/mol. The van der Waals surface area contributed by atoms with E-state index in [4.69, 9.17) is 4.74 Å². The van der Waals surface area contributed by atoms with Crippen LogP contribution in [0.25, 0.3) is 0 Å². The van der Waals surface area contributed by atoms with E-state index in [1.165, 1.54) is 0 Å². The summed E-state index contributed by atoms with van der Waals surface area (Å²) >= 11 is 0. The van der Waals surface area contributed by atoms with Crippen LogP contribution < -0.4 is 0 Å². The molecule has 0 amide bonds. The van der Waals surface area contributed by atoms with Crippen molar-refractivity contribution in [1.29, 1.82) is 0 Å². The number of Topliss-reactive ketones (excluding diaryl/α,β-unsaturated/α-hetero) is 1. The van der Waals surface area contributed by atoms with Crippen LogP contribution in [-0.4, -0.2) is 29.7 Å². The van der Waals surface area contributed by atoms with Crippen LogP contribution in [0.5, 0.6) is 0 Å². The van der Waals surface area contributed by atoms with Gasteiger partial charge in [0.05, 0.1) is 12.2 Å². The lowest BCUT2D eigenvalue weighted by atomic mass is 9.57. The molecule has 0 aromatic heterocycles. The molecule has 1 aliphatic heterocycles. The third-order valence-electron chi connectivity index (χ3n) is 6.36. The first kappa shape index (κ1) is 13.6. The molecule has 1 heterocycles. The highest BCUT2D eigenvalue weighted by Crippen LogP contribution is 2.57. The largest absolute Gasteiger partial charge is 0.396 e. The Morgan fingerprint density at radius 1 is 1.37 bits per heavy atom. The predicted octanol–water partition coefficient (Wildman–Crippen LogP) is 2.42. The zero-order valence-electron chi connectivity index (χ0n) is 12.3. The first-order valence-corrected chi connectivity index (χ1v) is 7.65. The van der Waals surface area contributed by atoms with Gasteiger partial charge in [-0.05, 0) is 56.3 Å². The maximum absolute atomic E-state index is 12.5. The SMILES string of the molecule is CC1(C)OC[C@H]2C(=O)C[C@H](CO)[C@@]3(C)CCC1C2C3. The molecular formula is C16H26O3. The summed E-state index contributed by atoms with van der Waals surface area (Å²) in [6.45, 7) is 7.37. The van der Waals surface area contributed by atoms with Crippen LogP contribution in [0.15, 0.2) is 0 Å². The predicted molar refractivity (Wildman–Crippen MR) is 72.7 cm³/mol. The number of hydrogen-bond donors (Lipinski definition) is 1. The Balaban J connectivity index is 1.98. The van der Waals surface area contributed by atoms with Gasteiger partial charge in [-0.1, -0.05) is 6.92 Å². The molecule has 2 unspecified atom stereocenters. The number of fused-ring (bicyclic) bond motifs is 1. The summed E-state index contributed by atoms with van der Waals surface area (Å²) in [6.07, 6.45) is 3.89. The Morgan fingerprint density at radius 2 is 2.11 bits per heavy atom. The van der Waals surface area contributed by atoms with Crippen molar-refractivity contribution in [1.82, 2.24) is 0 Å². The Morgan fingerprint density at radius 3 is 2.79 bits per heavy atom. The molecule has 19 heavy (non-hydrogen) atoms. The van der Waals surface area contributed by atoms with Gasteiger partial charge in [-0.15, -0.1) is 0 Å². The van der Waals surface area contributed by atoms with Crippen LogP contribution >= 0.6 is 0 Å². The molecule has 2 bridgehead atoms. The summed E-state index contributed by atoms with van der Waals surface area (Å²) in [5, 5.41) is 9.67. The molecule has 0 aromatic carbocycles.